The third-order valence-electron chi connectivity index (χ3n) is 9.16. The molecule has 54 heavy (non-hydrogen) atoms. The summed E-state index contributed by atoms with van der Waals surface area (Å²) in [5, 5.41) is 4.50. The molecular formula is C48H36FIrN3O-2. The molecule has 0 aliphatic carbocycles. The molecule has 4 heterocycles. The van der Waals surface area contributed by atoms with Gasteiger partial charge in [0.1, 0.15) is 5.58 Å². The van der Waals surface area contributed by atoms with E-state index in [9.17, 15) is 4.39 Å². The molecule has 0 saturated carbocycles. The van der Waals surface area contributed by atoms with Gasteiger partial charge in [-0.2, -0.15) is 0 Å². The van der Waals surface area contributed by atoms with Gasteiger partial charge in [-0.3, -0.25) is 9.37 Å². The summed E-state index contributed by atoms with van der Waals surface area (Å²) in [6.45, 7) is 2.72. The van der Waals surface area contributed by atoms with Crippen LogP contribution in [0.3, 0.4) is 0 Å². The number of rotatable bonds is 3. The van der Waals surface area contributed by atoms with Gasteiger partial charge in [0.25, 0.3) is 0 Å². The number of fused-ring (bicyclic) bond motifs is 11. The number of imidazole rings is 1. The minimum absolute atomic E-state index is 0. The molecule has 4 nitrogen and oxygen atoms in total. The smallest absolute Gasteiger partial charge is 0.120 e. The van der Waals surface area contributed by atoms with Gasteiger partial charge in [-0.15, -0.1) is 36.4 Å². The van der Waals surface area contributed by atoms with Crippen LogP contribution >= 0.6 is 0 Å². The number of aryl methyl sites for hydroxylation is 1. The Balaban J connectivity index is 0.000000188. The zero-order valence-corrected chi connectivity index (χ0v) is 31.9. The summed E-state index contributed by atoms with van der Waals surface area (Å²) in [7, 11) is 0. The largest absolute Gasteiger partial charge is 0.501 e. The first-order chi connectivity index (χ1) is 28.5. The fraction of sp³-hybridized carbons (Fsp3) is 0.125. The van der Waals surface area contributed by atoms with Crippen molar-refractivity contribution >= 4 is 60.3 Å². The number of halogens is 1. The third kappa shape index (κ3) is 6.36. The third-order valence-corrected chi connectivity index (χ3v) is 9.16. The van der Waals surface area contributed by atoms with Gasteiger partial charge in [0.05, 0.1) is 25.0 Å². The van der Waals surface area contributed by atoms with Crippen molar-refractivity contribution in [3.8, 4) is 22.4 Å². The molecule has 0 amide bonds. The second-order valence-corrected chi connectivity index (χ2v) is 14.0. The van der Waals surface area contributed by atoms with Crippen LogP contribution in [0.4, 0.5) is 4.39 Å². The zero-order valence-electron chi connectivity index (χ0n) is 36.5. The van der Waals surface area contributed by atoms with Crippen molar-refractivity contribution < 1.29 is 38.5 Å². The zero-order chi connectivity index (χ0) is 42.3. The Morgan fingerprint density at radius 3 is 2.39 bits per heavy atom. The van der Waals surface area contributed by atoms with E-state index in [-0.39, 0.29) is 60.3 Å². The summed E-state index contributed by atoms with van der Waals surface area (Å²) in [5.41, 5.74) is 5.62. The molecule has 1 radical (unpaired) electrons. The molecule has 4 aromatic heterocycles. The Morgan fingerprint density at radius 2 is 1.59 bits per heavy atom. The number of nitrogens with zero attached hydrogens (tertiary/aromatic N) is 3. The van der Waals surface area contributed by atoms with E-state index < -0.39 is 18.6 Å². The fourth-order valence-corrected chi connectivity index (χ4v) is 6.93. The van der Waals surface area contributed by atoms with Gasteiger partial charge in [-0.1, -0.05) is 121 Å². The molecule has 0 aliphatic rings. The number of pyridine rings is 2. The first-order valence-corrected chi connectivity index (χ1v) is 17.3. The maximum atomic E-state index is 13.7. The van der Waals surface area contributed by atoms with Crippen molar-refractivity contribution in [2.45, 2.75) is 34.0 Å². The van der Waals surface area contributed by atoms with E-state index in [0.29, 0.717) is 22.4 Å². The summed E-state index contributed by atoms with van der Waals surface area (Å²) in [4.78, 5) is 9.17. The van der Waals surface area contributed by atoms with E-state index >= 15 is 0 Å². The van der Waals surface area contributed by atoms with E-state index in [1.54, 1.807) is 39.0 Å². The Hall–Kier alpha value is -5.68. The van der Waals surface area contributed by atoms with Crippen molar-refractivity contribution in [2.75, 3.05) is 0 Å². The molecule has 0 N–H and O–H groups in total. The Labute approximate surface area is 336 Å². The summed E-state index contributed by atoms with van der Waals surface area (Å²) in [6.07, 6.45) is -0.548. The number of para-hydroxylation sites is 4. The van der Waals surface area contributed by atoms with Crippen molar-refractivity contribution in [3.05, 3.63) is 163 Å². The van der Waals surface area contributed by atoms with Crippen LogP contribution in [0.5, 0.6) is 0 Å². The van der Waals surface area contributed by atoms with Crippen LogP contribution in [-0.2, 0) is 26.5 Å². The molecule has 0 aliphatic heterocycles. The first-order valence-electron chi connectivity index (χ1n) is 20.8. The summed E-state index contributed by atoms with van der Waals surface area (Å²) in [5.74, 6) is -0.280. The molecule has 6 aromatic carbocycles. The Bertz CT molecular complexity index is 3310. The summed E-state index contributed by atoms with van der Waals surface area (Å²) < 4.78 is 80.9. The summed E-state index contributed by atoms with van der Waals surface area (Å²) in [6, 6.07) is 40.5. The number of furan rings is 1. The molecule has 0 bridgehead atoms. The average Bonchev–Trinajstić information content (AvgIpc) is 3.79. The molecule has 0 fully saturated rings. The minimum Gasteiger partial charge on any atom is -0.501 e. The molecule has 0 atom stereocenters. The van der Waals surface area contributed by atoms with E-state index in [1.807, 2.05) is 72.8 Å². The van der Waals surface area contributed by atoms with Crippen molar-refractivity contribution in [1.29, 1.82) is 0 Å². The molecule has 10 rings (SSSR count). The van der Waals surface area contributed by atoms with Crippen LogP contribution in [0.25, 0.3) is 82.7 Å². The van der Waals surface area contributed by atoms with Gasteiger partial charge in [0.15, 0.2) is 0 Å². The normalized spacial score (nSPS) is 14.1. The molecular weight excluding hydrogens is 846 g/mol. The predicted molar refractivity (Wildman–Crippen MR) is 216 cm³/mol. The van der Waals surface area contributed by atoms with Crippen LogP contribution < -0.4 is 0 Å². The standard InChI is InChI=1S/C29H26NO.C19H10FN2.Ir/c1-19-18-30-26(16-25(19)21-14-12-20(13-15-21)17-29(2,3)4)24-10-7-9-23-22-8-5-6-11-27(22)31-28(23)24;20-12-9-10-14-15(11-12)13-5-1-3-7-17(13)22-18-8-4-2-6-16(18)21-19(14)22;/h5-9,11-16,18H,17H2,1-4H3;1-9,11H;/q2*-1;/i1D3,14D,15D,17D2;;. The number of hydrogen-bond acceptors (Lipinski definition) is 3. The topological polar surface area (TPSA) is 43.3 Å². The van der Waals surface area contributed by atoms with Crippen LogP contribution in [0.1, 0.15) is 41.5 Å². The average molecular weight is 889 g/mol. The molecule has 10 aromatic rings. The molecule has 0 saturated heterocycles. The van der Waals surface area contributed by atoms with Crippen LogP contribution in [0, 0.1) is 30.2 Å². The van der Waals surface area contributed by atoms with Gasteiger partial charge in [0.2, 0.25) is 0 Å². The number of hydrogen-bond donors (Lipinski definition) is 0. The predicted octanol–water partition coefficient (Wildman–Crippen LogP) is 12.7. The van der Waals surface area contributed by atoms with E-state index in [1.165, 1.54) is 24.4 Å². The van der Waals surface area contributed by atoms with Crippen LogP contribution in [-0.4, -0.2) is 14.4 Å². The van der Waals surface area contributed by atoms with Crippen molar-refractivity contribution in [3.63, 3.8) is 0 Å². The van der Waals surface area contributed by atoms with E-state index in [4.69, 9.17) is 19.0 Å². The van der Waals surface area contributed by atoms with Crippen LogP contribution in [0.2, 0.25) is 0 Å². The maximum Gasteiger partial charge on any atom is 0.120 e. The molecule has 6 heteroatoms. The van der Waals surface area contributed by atoms with Crippen molar-refractivity contribution in [1.82, 2.24) is 14.4 Å². The summed E-state index contributed by atoms with van der Waals surface area (Å²) >= 11 is 0. The van der Waals surface area contributed by atoms with Gasteiger partial charge in [0, 0.05) is 49.9 Å². The monoisotopic (exact) mass is 889 g/mol. The second-order valence-electron chi connectivity index (χ2n) is 14.0. The number of benzene rings is 6. The van der Waals surface area contributed by atoms with E-state index in [2.05, 4.69) is 27.6 Å². The van der Waals surface area contributed by atoms with Gasteiger partial charge in [-0.05, 0) is 76.2 Å². The molecule has 267 valence electrons. The van der Waals surface area contributed by atoms with Gasteiger partial charge < -0.3 is 13.8 Å². The van der Waals surface area contributed by atoms with Crippen molar-refractivity contribution in [2.24, 2.45) is 5.41 Å². The SMILES string of the molecule is Fc1c[c-]c2c(c1)c1ccccc1n1c3ccccc3nc21.[2H]c1cc(C([2H])([2H])C(C)(C)C)cc([2H])c1-c1cc(-c2[c-]ccc3c2oc2ccccc23)ncc1C([2H])([2H])[2H].[Ir]. The molecule has 0 unspecified atom stereocenters. The maximum absolute atomic E-state index is 13.7. The Kier molecular flexibility index (Phi) is 7.19. The minimum atomic E-state index is -2.55. The first kappa shape index (κ1) is 27.9. The number of aromatic nitrogens is 3. The molecule has 0 spiro atoms. The van der Waals surface area contributed by atoms with Gasteiger partial charge in [-0.25, -0.2) is 0 Å². The quantitative estimate of drug-likeness (QED) is 0.131. The van der Waals surface area contributed by atoms with Crippen LogP contribution in [0.15, 0.2) is 138 Å². The van der Waals surface area contributed by atoms with Gasteiger partial charge >= 0.3 is 0 Å². The Morgan fingerprint density at radius 1 is 0.852 bits per heavy atom. The fourth-order valence-electron chi connectivity index (χ4n) is 6.93. The second kappa shape index (κ2) is 13.9. The van der Waals surface area contributed by atoms with E-state index in [0.717, 1.165) is 49.1 Å².